The van der Waals surface area contributed by atoms with Crippen molar-refractivity contribution in [3.63, 3.8) is 0 Å². The van der Waals surface area contributed by atoms with Gasteiger partial charge in [-0.2, -0.15) is 0 Å². The summed E-state index contributed by atoms with van der Waals surface area (Å²) in [6.45, 7) is 4.09. The zero-order chi connectivity index (χ0) is 14.0. The van der Waals surface area contributed by atoms with Gasteiger partial charge < -0.3 is 11.1 Å². The molecule has 1 aromatic heterocycles. The molecule has 2 rings (SSSR count). The summed E-state index contributed by atoms with van der Waals surface area (Å²) >= 11 is 12.7. The van der Waals surface area contributed by atoms with Gasteiger partial charge in [-0.05, 0) is 32.0 Å². The molecular weight excluding hydrogens is 298 g/mol. The molecule has 3 nitrogen and oxygen atoms in total. The van der Waals surface area contributed by atoms with Gasteiger partial charge in [0.05, 0.1) is 6.04 Å². The van der Waals surface area contributed by atoms with Crippen molar-refractivity contribution in [1.29, 1.82) is 0 Å². The highest BCUT2D eigenvalue weighted by Gasteiger charge is 2.13. The molecule has 2 aromatic rings. The fourth-order valence-corrected chi connectivity index (χ4v) is 2.83. The van der Waals surface area contributed by atoms with E-state index < -0.39 is 0 Å². The molecule has 1 unspecified atom stereocenters. The maximum atomic E-state index is 5.96. The third-order valence-electron chi connectivity index (χ3n) is 2.63. The van der Waals surface area contributed by atoms with Crippen LogP contribution in [-0.4, -0.2) is 9.97 Å². The Morgan fingerprint density at radius 3 is 2.84 bits per heavy atom. The molecule has 0 saturated carbocycles. The Kier molecular flexibility index (Phi) is 4.39. The van der Waals surface area contributed by atoms with Gasteiger partial charge in [0.25, 0.3) is 0 Å². The molecule has 0 amide bonds. The number of thiocarbonyl (C=S) groups is 1. The van der Waals surface area contributed by atoms with Crippen LogP contribution in [0.4, 0.5) is 5.69 Å². The standard InChI is InChI=1S/C13H14ClN3S2/c1-7-6-16-13(19-7)8(2)17-11-4-3-9(14)5-10(11)12(15)18/h3-6,8,17H,1-2H3,(H2,15,18). The first-order valence-electron chi connectivity index (χ1n) is 5.75. The lowest BCUT2D eigenvalue weighted by atomic mass is 10.1. The average molecular weight is 312 g/mol. The van der Waals surface area contributed by atoms with Crippen molar-refractivity contribution in [2.75, 3.05) is 5.32 Å². The number of anilines is 1. The first-order valence-corrected chi connectivity index (χ1v) is 7.36. The Labute approximate surface area is 126 Å². The van der Waals surface area contributed by atoms with E-state index in [-0.39, 0.29) is 6.04 Å². The highest BCUT2D eigenvalue weighted by molar-refractivity contribution is 7.80. The summed E-state index contributed by atoms with van der Waals surface area (Å²) in [5, 5.41) is 5.02. The minimum absolute atomic E-state index is 0.0907. The van der Waals surface area contributed by atoms with Gasteiger partial charge in [-0.15, -0.1) is 11.3 Å². The Hall–Kier alpha value is -1.17. The number of nitrogens with zero attached hydrogens (tertiary/aromatic N) is 1. The molecule has 100 valence electrons. The average Bonchev–Trinajstić information content (AvgIpc) is 2.78. The lowest BCUT2D eigenvalue weighted by molar-refractivity contribution is 0.869. The second kappa shape index (κ2) is 5.86. The first kappa shape index (κ1) is 14.2. The van der Waals surface area contributed by atoms with E-state index in [1.807, 2.05) is 25.3 Å². The summed E-state index contributed by atoms with van der Waals surface area (Å²) in [6, 6.07) is 5.55. The lowest BCUT2D eigenvalue weighted by Gasteiger charge is -2.16. The maximum Gasteiger partial charge on any atom is 0.115 e. The first-order chi connectivity index (χ1) is 8.97. The van der Waals surface area contributed by atoms with Crippen molar-refractivity contribution < 1.29 is 0 Å². The summed E-state index contributed by atoms with van der Waals surface area (Å²) in [7, 11) is 0. The summed E-state index contributed by atoms with van der Waals surface area (Å²) in [4.78, 5) is 5.89. The van der Waals surface area contributed by atoms with Crippen LogP contribution in [0.5, 0.6) is 0 Å². The van der Waals surface area contributed by atoms with Gasteiger partial charge in [0, 0.05) is 27.3 Å². The van der Waals surface area contributed by atoms with Crippen molar-refractivity contribution in [3.05, 3.63) is 44.9 Å². The number of nitrogens with two attached hydrogens (primary N) is 1. The zero-order valence-electron chi connectivity index (χ0n) is 10.6. The topological polar surface area (TPSA) is 50.9 Å². The van der Waals surface area contributed by atoms with Gasteiger partial charge >= 0.3 is 0 Å². The lowest BCUT2D eigenvalue weighted by Crippen LogP contribution is -2.15. The minimum atomic E-state index is 0.0907. The number of aryl methyl sites for hydroxylation is 1. The number of halogens is 1. The van der Waals surface area contributed by atoms with Crippen LogP contribution in [0.25, 0.3) is 0 Å². The SMILES string of the molecule is Cc1cnc(C(C)Nc2ccc(Cl)cc2C(N)=S)s1. The summed E-state index contributed by atoms with van der Waals surface area (Å²) in [6.07, 6.45) is 1.87. The molecule has 0 fully saturated rings. The van der Waals surface area contributed by atoms with Crippen LogP contribution in [0.15, 0.2) is 24.4 Å². The highest BCUT2D eigenvalue weighted by atomic mass is 35.5. The van der Waals surface area contributed by atoms with Crippen molar-refractivity contribution >= 4 is 45.8 Å². The fourth-order valence-electron chi connectivity index (χ4n) is 1.71. The van der Waals surface area contributed by atoms with Crippen molar-refractivity contribution in [1.82, 2.24) is 4.98 Å². The zero-order valence-corrected chi connectivity index (χ0v) is 13.0. The van der Waals surface area contributed by atoms with E-state index >= 15 is 0 Å². The van der Waals surface area contributed by atoms with E-state index in [2.05, 4.69) is 17.2 Å². The van der Waals surface area contributed by atoms with Crippen LogP contribution in [0.2, 0.25) is 5.02 Å². The number of aromatic nitrogens is 1. The molecule has 0 aliphatic carbocycles. The van der Waals surface area contributed by atoms with Crippen molar-refractivity contribution in [3.8, 4) is 0 Å². The molecule has 0 saturated heterocycles. The summed E-state index contributed by atoms with van der Waals surface area (Å²) < 4.78 is 0. The normalized spacial score (nSPS) is 12.2. The van der Waals surface area contributed by atoms with Crippen LogP contribution in [0, 0.1) is 6.92 Å². The van der Waals surface area contributed by atoms with E-state index in [1.54, 1.807) is 17.4 Å². The molecule has 6 heteroatoms. The molecule has 0 aliphatic rings. The molecular formula is C13H14ClN3S2. The Balaban J connectivity index is 2.26. The van der Waals surface area contributed by atoms with E-state index in [0.717, 1.165) is 16.3 Å². The third kappa shape index (κ3) is 3.43. The quantitative estimate of drug-likeness (QED) is 0.841. The minimum Gasteiger partial charge on any atom is -0.389 e. The predicted molar refractivity (Wildman–Crippen MR) is 86.2 cm³/mol. The molecule has 0 radical (unpaired) electrons. The Morgan fingerprint density at radius 2 is 2.26 bits per heavy atom. The molecule has 0 aliphatic heterocycles. The number of hydrogen-bond donors (Lipinski definition) is 2. The smallest absolute Gasteiger partial charge is 0.115 e. The third-order valence-corrected chi connectivity index (χ3v) is 4.18. The van der Waals surface area contributed by atoms with Gasteiger partial charge in [-0.1, -0.05) is 23.8 Å². The van der Waals surface area contributed by atoms with E-state index in [1.165, 1.54) is 4.88 Å². The monoisotopic (exact) mass is 311 g/mol. The molecule has 0 spiro atoms. The second-order valence-corrected chi connectivity index (χ2v) is 6.37. The van der Waals surface area contributed by atoms with Gasteiger partial charge in [-0.3, -0.25) is 0 Å². The van der Waals surface area contributed by atoms with Gasteiger partial charge in [0.1, 0.15) is 10.00 Å². The summed E-state index contributed by atoms with van der Waals surface area (Å²) in [5.74, 6) is 0. The number of benzene rings is 1. The molecule has 1 atom stereocenters. The predicted octanol–water partition coefficient (Wildman–Crippen LogP) is 3.91. The van der Waals surface area contributed by atoms with Gasteiger partial charge in [-0.25, -0.2) is 4.98 Å². The molecule has 1 heterocycles. The van der Waals surface area contributed by atoms with Crippen molar-refractivity contribution in [2.45, 2.75) is 19.9 Å². The highest BCUT2D eigenvalue weighted by Crippen LogP contribution is 2.27. The number of rotatable bonds is 4. The molecule has 3 N–H and O–H groups in total. The second-order valence-electron chi connectivity index (χ2n) is 4.23. The molecule has 19 heavy (non-hydrogen) atoms. The van der Waals surface area contributed by atoms with Crippen LogP contribution in [0.1, 0.15) is 28.4 Å². The van der Waals surface area contributed by atoms with E-state index in [0.29, 0.717) is 10.0 Å². The molecule has 0 bridgehead atoms. The molecule has 1 aromatic carbocycles. The van der Waals surface area contributed by atoms with E-state index in [9.17, 15) is 0 Å². The van der Waals surface area contributed by atoms with Crippen molar-refractivity contribution in [2.24, 2.45) is 5.73 Å². The number of hydrogen-bond acceptors (Lipinski definition) is 4. The fraction of sp³-hybridized carbons (Fsp3) is 0.231. The number of thiazole rings is 1. The summed E-state index contributed by atoms with van der Waals surface area (Å²) in [5.41, 5.74) is 7.35. The maximum absolute atomic E-state index is 5.96. The largest absolute Gasteiger partial charge is 0.389 e. The van der Waals surface area contributed by atoms with E-state index in [4.69, 9.17) is 29.6 Å². The number of nitrogens with one attached hydrogen (secondary N) is 1. The Morgan fingerprint density at radius 1 is 1.53 bits per heavy atom. The van der Waals surface area contributed by atoms with Gasteiger partial charge in [0.2, 0.25) is 0 Å². The van der Waals surface area contributed by atoms with Crippen LogP contribution < -0.4 is 11.1 Å². The van der Waals surface area contributed by atoms with Crippen LogP contribution in [0.3, 0.4) is 0 Å². The Bertz CT molecular complexity index is 610. The van der Waals surface area contributed by atoms with Crippen LogP contribution in [-0.2, 0) is 0 Å². The van der Waals surface area contributed by atoms with Crippen LogP contribution >= 0.6 is 35.2 Å². The van der Waals surface area contributed by atoms with Gasteiger partial charge in [0.15, 0.2) is 0 Å².